The zero-order valence-electron chi connectivity index (χ0n) is 18.2. The van der Waals surface area contributed by atoms with Crippen molar-refractivity contribution in [3.8, 4) is 0 Å². The SMILES string of the molecule is O=C(CS(=O)(=O)c1ccccc1)N[C@@H]1CCN2C(=O)[C@H](CC3CCCCC3)NC(=O)[C@@H]2C1. The summed E-state index contributed by atoms with van der Waals surface area (Å²) >= 11 is 0. The van der Waals surface area contributed by atoms with Gasteiger partial charge in [-0.25, -0.2) is 8.42 Å². The number of nitrogens with one attached hydrogen (secondary N) is 2. The molecule has 32 heavy (non-hydrogen) atoms. The molecule has 0 aromatic heterocycles. The Morgan fingerprint density at radius 2 is 1.78 bits per heavy atom. The summed E-state index contributed by atoms with van der Waals surface area (Å²) in [6, 6.07) is 6.44. The molecule has 8 nitrogen and oxygen atoms in total. The summed E-state index contributed by atoms with van der Waals surface area (Å²) in [7, 11) is -3.73. The number of carbonyl (C=O) groups is 3. The molecule has 9 heteroatoms. The lowest BCUT2D eigenvalue weighted by atomic mass is 9.83. The number of carbonyl (C=O) groups excluding carboxylic acids is 3. The molecule has 3 amide bonds. The van der Waals surface area contributed by atoms with Crippen LogP contribution in [0.4, 0.5) is 0 Å². The Hall–Kier alpha value is -2.42. The van der Waals surface area contributed by atoms with Crippen LogP contribution in [0.25, 0.3) is 0 Å². The summed E-state index contributed by atoms with van der Waals surface area (Å²) in [4.78, 5) is 39.9. The third-order valence-corrected chi connectivity index (χ3v) is 8.52. The van der Waals surface area contributed by atoms with E-state index < -0.39 is 33.6 Å². The Kier molecular flexibility index (Phi) is 6.83. The van der Waals surface area contributed by atoms with E-state index in [0.717, 1.165) is 12.8 Å². The molecule has 1 saturated carbocycles. The molecule has 2 saturated heterocycles. The number of amides is 3. The predicted molar refractivity (Wildman–Crippen MR) is 118 cm³/mol. The molecule has 3 fully saturated rings. The van der Waals surface area contributed by atoms with Crippen LogP contribution in [0.2, 0.25) is 0 Å². The highest BCUT2D eigenvalue weighted by Gasteiger charge is 2.44. The maximum absolute atomic E-state index is 13.0. The van der Waals surface area contributed by atoms with E-state index in [9.17, 15) is 22.8 Å². The van der Waals surface area contributed by atoms with Crippen LogP contribution in [0, 0.1) is 5.92 Å². The Bertz CT molecular complexity index is 959. The number of rotatable bonds is 6. The number of nitrogens with zero attached hydrogens (tertiary/aromatic N) is 1. The molecule has 3 atom stereocenters. The standard InChI is InChI=1S/C23H31N3O5S/c27-21(15-32(30,31)18-9-5-2-6-10-18)24-17-11-12-26-20(14-17)22(28)25-19(23(26)29)13-16-7-3-1-4-8-16/h2,5-6,9-10,16-17,19-20H,1,3-4,7-8,11-15H2,(H,24,27)(H,25,28)/t17-,19+,20+/m1/s1. The van der Waals surface area contributed by atoms with Gasteiger partial charge in [0.05, 0.1) is 4.90 Å². The normalized spacial score (nSPS) is 26.9. The Morgan fingerprint density at radius 3 is 2.50 bits per heavy atom. The van der Waals surface area contributed by atoms with Crippen molar-refractivity contribution < 1.29 is 22.8 Å². The highest BCUT2D eigenvalue weighted by Crippen LogP contribution is 2.30. The zero-order valence-corrected chi connectivity index (χ0v) is 19.0. The van der Waals surface area contributed by atoms with Gasteiger partial charge in [0, 0.05) is 12.6 Å². The van der Waals surface area contributed by atoms with Gasteiger partial charge in [0.2, 0.25) is 17.7 Å². The number of hydrogen-bond acceptors (Lipinski definition) is 5. The van der Waals surface area contributed by atoms with Crippen molar-refractivity contribution >= 4 is 27.6 Å². The number of piperazine rings is 1. The average molecular weight is 462 g/mol. The van der Waals surface area contributed by atoms with E-state index >= 15 is 0 Å². The van der Waals surface area contributed by atoms with Crippen LogP contribution in [0.5, 0.6) is 0 Å². The molecule has 0 unspecified atom stereocenters. The number of sulfone groups is 1. The quantitative estimate of drug-likeness (QED) is 0.665. The fourth-order valence-corrected chi connectivity index (χ4v) is 6.37. The van der Waals surface area contributed by atoms with E-state index in [2.05, 4.69) is 10.6 Å². The van der Waals surface area contributed by atoms with Gasteiger partial charge >= 0.3 is 0 Å². The summed E-state index contributed by atoms with van der Waals surface area (Å²) < 4.78 is 24.9. The van der Waals surface area contributed by atoms with Gasteiger partial charge in [0.1, 0.15) is 17.8 Å². The van der Waals surface area contributed by atoms with Crippen molar-refractivity contribution in [2.75, 3.05) is 12.3 Å². The van der Waals surface area contributed by atoms with Gasteiger partial charge in [0.25, 0.3) is 0 Å². The highest BCUT2D eigenvalue weighted by atomic mass is 32.2. The van der Waals surface area contributed by atoms with E-state index in [4.69, 9.17) is 0 Å². The number of hydrogen-bond donors (Lipinski definition) is 2. The van der Waals surface area contributed by atoms with Crippen molar-refractivity contribution in [2.24, 2.45) is 5.92 Å². The fourth-order valence-electron chi connectivity index (χ4n) is 5.21. The molecule has 0 radical (unpaired) electrons. The minimum Gasteiger partial charge on any atom is -0.352 e. The average Bonchev–Trinajstić information content (AvgIpc) is 2.78. The molecule has 0 bridgehead atoms. The second-order valence-corrected chi connectivity index (χ2v) is 11.2. The third-order valence-electron chi connectivity index (χ3n) is 6.89. The maximum Gasteiger partial charge on any atom is 0.245 e. The molecule has 1 aliphatic carbocycles. The van der Waals surface area contributed by atoms with Gasteiger partial charge in [-0.1, -0.05) is 50.3 Å². The first-order valence-corrected chi connectivity index (χ1v) is 13.2. The molecule has 0 spiro atoms. The Labute approximate surface area is 189 Å². The summed E-state index contributed by atoms with van der Waals surface area (Å²) in [6.45, 7) is 0.383. The van der Waals surface area contributed by atoms with Gasteiger partial charge in [-0.2, -0.15) is 0 Å². The van der Waals surface area contributed by atoms with Crippen molar-refractivity contribution in [1.82, 2.24) is 15.5 Å². The van der Waals surface area contributed by atoms with Crippen LogP contribution in [-0.4, -0.2) is 61.5 Å². The Balaban J connectivity index is 1.32. The van der Waals surface area contributed by atoms with E-state index in [1.807, 2.05) is 0 Å². The second kappa shape index (κ2) is 9.60. The Morgan fingerprint density at radius 1 is 1.06 bits per heavy atom. The van der Waals surface area contributed by atoms with Crippen molar-refractivity contribution in [2.45, 2.75) is 74.4 Å². The van der Waals surface area contributed by atoms with Crippen molar-refractivity contribution in [1.29, 1.82) is 0 Å². The van der Waals surface area contributed by atoms with E-state index in [1.165, 1.54) is 31.4 Å². The smallest absolute Gasteiger partial charge is 0.245 e. The molecule has 2 N–H and O–H groups in total. The number of piperidine rings is 1. The first-order chi connectivity index (χ1) is 15.3. The van der Waals surface area contributed by atoms with Gasteiger partial charge in [-0.15, -0.1) is 0 Å². The molecule has 2 aliphatic heterocycles. The van der Waals surface area contributed by atoms with Crippen LogP contribution in [0.15, 0.2) is 35.2 Å². The van der Waals surface area contributed by atoms with Crippen LogP contribution < -0.4 is 10.6 Å². The molecular weight excluding hydrogens is 430 g/mol. The monoisotopic (exact) mass is 461 g/mol. The summed E-state index contributed by atoms with van der Waals surface area (Å²) in [5, 5.41) is 5.66. The molecule has 3 aliphatic rings. The van der Waals surface area contributed by atoms with E-state index in [0.29, 0.717) is 31.7 Å². The lowest BCUT2D eigenvalue weighted by Crippen LogP contribution is -2.67. The van der Waals surface area contributed by atoms with E-state index in [-0.39, 0.29) is 22.8 Å². The number of fused-ring (bicyclic) bond motifs is 1. The topological polar surface area (TPSA) is 113 Å². The minimum atomic E-state index is -3.73. The predicted octanol–water partition coefficient (Wildman–Crippen LogP) is 1.40. The summed E-state index contributed by atoms with van der Waals surface area (Å²) in [6.07, 6.45) is 7.35. The van der Waals surface area contributed by atoms with Crippen LogP contribution >= 0.6 is 0 Å². The molecule has 4 rings (SSSR count). The lowest BCUT2D eigenvalue weighted by Gasteiger charge is -2.44. The van der Waals surface area contributed by atoms with Crippen LogP contribution in [-0.2, 0) is 24.2 Å². The van der Waals surface area contributed by atoms with Gasteiger partial charge in [-0.05, 0) is 37.3 Å². The summed E-state index contributed by atoms with van der Waals surface area (Å²) in [5.41, 5.74) is 0. The fraction of sp³-hybridized carbons (Fsp3) is 0.609. The lowest BCUT2D eigenvalue weighted by molar-refractivity contribution is -0.152. The summed E-state index contributed by atoms with van der Waals surface area (Å²) in [5.74, 6) is -0.961. The zero-order chi connectivity index (χ0) is 22.7. The first kappa shape index (κ1) is 22.8. The van der Waals surface area contributed by atoms with Gasteiger partial charge in [0.15, 0.2) is 9.84 Å². The highest BCUT2D eigenvalue weighted by molar-refractivity contribution is 7.92. The van der Waals surface area contributed by atoms with E-state index in [1.54, 1.807) is 23.1 Å². The van der Waals surface area contributed by atoms with Crippen LogP contribution in [0.3, 0.4) is 0 Å². The van der Waals surface area contributed by atoms with Gasteiger partial charge in [-0.3, -0.25) is 14.4 Å². The number of benzene rings is 1. The van der Waals surface area contributed by atoms with Gasteiger partial charge < -0.3 is 15.5 Å². The first-order valence-electron chi connectivity index (χ1n) is 11.5. The van der Waals surface area contributed by atoms with Crippen molar-refractivity contribution in [3.63, 3.8) is 0 Å². The molecule has 1 aromatic carbocycles. The van der Waals surface area contributed by atoms with Crippen molar-refractivity contribution in [3.05, 3.63) is 30.3 Å². The molecule has 174 valence electrons. The molecule has 2 heterocycles. The minimum absolute atomic E-state index is 0.0309. The maximum atomic E-state index is 13.0. The van der Waals surface area contributed by atoms with Crippen LogP contribution in [0.1, 0.15) is 51.4 Å². The third kappa shape index (κ3) is 5.14. The molecule has 1 aromatic rings. The largest absolute Gasteiger partial charge is 0.352 e. The molecular formula is C23H31N3O5S. The second-order valence-electron chi connectivity index (χ2n) is 9.21.